The van der Waals surface area contributed by atoms with Crippen LogP contribution in [0.4, 0.5) is 4.79 Å². The maximum absolute atomic E-state index is 13.1. The first-order valence-corrected chi connectivity index (χ1v) is 17.7. The average molecular weight is 647 g/mol. The van der Waals surface area contributed by atoms with E-state index in [0.717, 1.165) is 60.9 Å². The lowest BCUT2D eigenvalue weighted by molar-refractivity contribution is 0.132. The summed E-state index contributed by atoms with van der Waals surface area (Å²) in [6.45, 7) is 10.4. The maximum atomic E-state index is 13.1. The van der Waals surface area contributed by atoms with Gasteiger partial charge in [-0.05, 0) is 126 Å². The second-order valence-corrected chi connectivity index (χ2v) is 15.0. The van der Waals surface area contributed by atoms with Crippen LogP contribution < -0.4 is 10.1 Å². The van der Waals surface area contributed by atoms with Crippen molar-refractivity contribution in [3.63, 3.8) is 0 Å². The van der Waals surface area contributed by atoms with Gasteiger partial charge in [0.05, 0.1) is 5.25 Å². The van der Waals surface area contributed by atoms with Crippen molar-refractivity contribution in [2.45, 2.75) is 58.6 Å². The van der Waals surface area contributed by atoms with Crippen molar-refractivity contribution in [2.75, 3.05) is 39.3 Å². The number of aromatic amines is 1. The number of hydrogen-bond donors (Lipinski definition) is 3. The molecule has 3 N–H and O–H groups in total. The lowest BCUT2D eigenvalue weighted by Crippen LogP contribution is -2.52. The number of phenolic OH excluding ortho intramolecular Hbond substituents is 1. The van der Waals surface area contributed by atoms with E-state index in [2.05, 4.69) is 42.3 Å². The molecule has 1 aromatic heterocycles. The summed E-state index contributed by atoms with van der Waals surface area (Å²) in [7, 11) is -3.35. The number of piperazine rings is 1. The number of aryl methyl sites for hydroxylation is 3. The number of carbonyl (C=O) groups excluding carboxylic acids is 1. The molecular formula is C36H46N4O5S. The van der Waals surface area contributed by atoms with E-state index in [1.807, 2.05) is 24.3 Å². The minimum absolute atomic E-state index is 0.264. The molecule has 0 atom stereocenters. The summed E-state index contributed by atoms with van der Waals surface area (Å²) >= 11 is 0. The van der Waals surface area contributed by atoms with E-state index in [1.165, 1.54) is 26.6 Å². The van der Waals surface area contributed by atoms with E-state index < -0.39 is 21.4 Å². The Balaban J connectivity index is 1.26. The third-order valence-electron chi connectivity index (χ3n) is 8.60. The van der Waals surface area contributed by atoms with Crippen LogP contribution in [0.2, 0.25) is 0 Å². The number of benzene rings is 3. The number of unbranched alkanes of at least 4 members (excludes halogenated alkanes) is 1. The number of sulfonamides is 1. The van der Waals surface area contributed by atoms with Gasteiger partial charge in [-0.25, -0.2) is 13.2 Å². The van der Waals surface area contributed by atoms with Crippen molar-refractivity contribution in [1.82, 2.24) is 19.5 Å². The van der Waals surface area contributed by atoms with Crippen LogP contribution in [-0.4, -0.2) is 78.3 Å². The molecule has 2 heterocycles. The van der Waals surface area contributed by atoms with Crippen LogP contribution in [0, 0.1) is 13.8 Å². The monoisotopic (exact) mass is 646 g/mol. The second kappa shape index (κ2) is 14.7. The Bertz CT molecular complexity index is 1740. The van der Waals surface area contributed by atoms with Gasteiger partial charge in [0.15, 0.2) is 0 Å². The first kappa shape index (κ1) is 33.5. The number of nitrogens with one attached hydrogen (secondary N) is 2. The topological polar surface area (TPSA) is 115 Å². The molecule has 4 aromatic rings. The van der Waals surface area contributed by atoms with Crippen LogP contribution in [0.5, 0.6) is 11.5 Å². The molecule has 10 heteroatoms. The van der Waals surface area contributed by atoms with Gasteiger partial charge in [-0.1, -0.05) is 29.3 Å². The lowest BCUT2D eigenvalue weighted by Gasteiger charge is -2.34. The number of phenols is 1. The first-order chi connectivity index (χ1) is 22.0. The zero-order valence-corrected chi connectivity index (χ0v) is 28.1. The highest BCUT2D eigenvalue weighted by molar-refractivity contribution is 7.89. The summed E-state index contributed by atoms with van der Waals surface area (Å²) in [6, 6.07) is 19.7. The molecule has 0 bridgehead atoms. The van der Waals surface area contributed by atoms with Gasteiger partial charge in [-0.2, -0.15) is 4.31 Å². The fourth-order valence-electron chi connectivity index (χ4n) is 6.08. The third kappa shape index (κ3) is 8.10. The molecule has 9 nitrogen and oxygen atoms in total. The Morgan fingerprint density at radius 3 is 2.28 bits per heavy atom. The highest BCUT2D eigenvalue weighted by Gasteiger charge is 2.31. The fraction of sp³-hybridized carbons (Fsp3) is 0.417. The Hall–Kier alpha value is -3.86. The largest absolute Gasteiger partial charge is 0.508 e. The van der Waals surface area contributed by atoms with Gasteiger partial charge in [-0.3, -0.25) is 0 Å². The molecule has 0 radical (unpaired) electrons. The zero-order valence-electron chi connectivity index (χ0n) is 27.3. The molecule has 1 aliphatic heterocycles. The highest BCUT2D eigenvalue weighted by Crippen LogP contribution is 2.34. The van der Waals surface area contributed by atoms with Gasteiger partial charge in [0.1, 0.15) is 11.5 Å². The molecule has 3 aromatic carbocycles. The standard InChI is InChI=1S/C36H46N4O5S/c1-25(2)46(43,44)40-19-17-39(18-20-40)36(42)45-31-12-13-34-33(24-31)32(35(38-34)29-22-26(3)21-27(4)23-29)14-16-37-15-6-5-7-28-8-10-30(41)11-9-28/h8-13,21-25,37-38,41H,5-7,14-20H2,1-4H3. The third-order valence-corrected chi connectivity index (χ3v) is 10.9. The van der Waals surface area contributed by atoms with E-state index in [-0.39, 0.29) is 13.1 Å². The van der Waals surface area contributed by atoms with E-state index in [0.29, 0.717) is 24.6 Å². The average Bonchev–Trinajstić information content (AvgIpc) is 3.38. The zero-order chi connectivity index (χ0) is 32.8. The van der Waals surface area contributed by atoms with Gasteiger partial charge in [0.2, 0.25) is 10.0 Å². The van der Waals surface area contributed by atoms with Crippen molar-refractivity contribution in [3.05, 3.63) is 82.9 Å². The van der Waals surface area contributed by atoms with E-state index >= 15 is 0 Å². The minimum Gasteiger partial charge on any atom is -0.508 e. The SMILES string of the molecule is Cc1cc(C)cc(-c2[nH]c3ccc(OC(=O)N4CCN(S(=O)(=O)C(C)C)CC4)cc3c2CCNCCCCc2ccc(O)cc2)c1. The van der Waals surface area contributed by atoms with E-state index in [9.17, 15) is 18.3 Å². The Labute approximate surface area is 272 Å². The van der Waals surface area contributed by atoms with Crippen LogP contribution in [0.15, 0.2) is 60.7 Å². The summed E-state index contributed by atoms with van der Waals surface area (Å²) in [5.41, 5.74) is 7.97. The van der Waals surface area contributed by atoms with Gasteiger partial charge in [-0.15, -0.1) is 0 Å². The molecule has 0 saturated carbocycles. The van der Waals surface area contributed by atoms with Crippen LogP contribution in [0.25, 0.3) is 22.2 Å². The summed E-state index contributed by atoms with van der Waals surface area (Å²) < 4.78 is 32.3. The number of fused-ring (bicyclic) bond motifs is 1. The minimum atomic E-state index is -3.35. The summed E-state index contributed by atoms with van der Waals surface area (Å²) in [4.78, 5) is 18.3. The van der Waals surface area contributed by atoms with E-state index in [1.54, 1.807) is 36.9 Å². The smallest absolute Gasteiger partial charge is 0.415 e. The summed E-state index contributed by atoms with van der Waals surface area (Å²) in [6.07, 6.45) is 3.42. The molecule has 5 rings (SSSR count). The van der Waals surface area contributed by atoms with Gasteiger partial charge < -0.3 is 25.0 Å². The number of aromatic hydroxyl groups is 1. The highest BCUT2D eigenvalue weighted by atomic mass is 32.2. The molecule has 1 aliphatic rings. The van der Waals surface area contributed by atoms with Crippen LogP contribution in [0.1, 0.15) is 48.9 Å². The molecular weight excluding hydrogens is 600 g/mol. The first-order valence-electron chi connectivity index (χ1n) is 16.2. The van der Waals surface area contributed by atoms with Crippen molar-refractivity contribution >= 4 is 27.0 Å². The van der Waals surface area contributed by atoms with Crippen LogP contribution in [-0.2, 0) is 22.9 Å². The van der Waals surface area contributed by atoms with Gasteiger partial charge in [0, 0.05) is 42.8 Å². The molecule has 246 valence electrons. The van der Waals surface area contributed by atoms with Crippen LogP contribution >= 0.6 is 0 Å². The predicted octanol–water partition coefficient (Wildman–Crippen LogP) is 6.17. The quantitative estimate of drug-likeness (QED) is 0.159. The molecule has 1 amide bonds. The second-order valence-electron chi connectivity index (χ2n) is 12.5. The summed E-state index contributed by atoms with van der Waals surface area (Å²) in [5, 5.41) is 13.6. The van der Waals surface area contributed by atoms with Gasteiger partial charge in [0.25, 0.3) is 0 Å². The Morgan fingerprint density at radius 1 is 0.913 bits per heavy atom. The number of aromatic nitrogens is 1. The normalized spacial score (nSPS) is 14.3. The molecule has 0 aliphatic carbocycles. The molecule has 46 heavy (non-hydrogen) atoms. The number of amides is 1. The van der Waals surface area contributed by atoms with Crippen molar-refractivity contribution < 1.29 is 23.1 Å². The number of carbonyl (C=O) groups is 1. The fourth-order valence-corrected chi connectivity index (χ4v) is 7.35. The summed E-state index contributed by atoms with van der Waals surface area (Å²) in [5.74, 6) is 0.757. The number of hydrogen-bond acceptors (Lipinski definition) is 6. The van der Waals surface area contributed by atoms with Crippen LogP contribution in [0.3, 0.4) is 0 Å². The van der Waals surface area contributed by atoms with Gasteiger partial charge >= 0.3 is 6.09 Å². The number of nitrogens with zero attached hydrogens (tertiary/aromatic N) is 2. The molecule has 0 spiro atoms. The lowest BCUT2D eigenvalue weighted by atomic mass is 9.99. The van der Waals surface area contributed by atoms with Crippen molar-refractivity contribution in [3.8, 4) is 22.8 Å². The van der Waals surface area contributed by atoms with Crippen molar-refractivity contribution in [1.29, 1.82) is 0 Å². The number of rotatable bonds is 12. The molecule has 1 saturated heterocycles. The van der Waals surface area contributed by atoms with E-state index in [4.69, 9.17) is 4.74 Å². The number of ether oxygens (including phenoxy) is 1. The molecule has 0 unspecified atom stereocenters. The Kier molecular flexibility index (Phi) is 10.7. The van der Waals surface area contributed by atoms with Crippen molar-refractivity contribution in [2.24, 2.45) is 0 Å². The Morgan fingerprint density at radius 2 is 1.61 bits per heavy atom. The maximum Gasteiger partial charge on any atom is 0.415 e. The molecule has 1 fully saturated rings. The number of H-pyrrole nitrogens is 1. The predicted molar refractivity (Wildman–Crippen MR) is 184 cm³/mol.